The van der Waals surface area contributed by atoms with Crippen molar-refractivity contribution in [3.05, 3.63) is 53.6 Å². The summed E-state index contributed by atoms with van der Waals surface area (Å²) in [4.78, 5) is 18.5. The number of hydrogen-bond acceptors (Lipinski definition) is 3. The second-order valence-electron chi connectivity index (χ2n) is 4.80. The highest BCUT2D eigenvalue weighted by Gasteiger charge is 2.21. The third-order valence-corrected chi connectivity index (χ3v) is 3.48. The molecule has 2 heterocycles. The van der Waals surface area contributed by atoms with Crippen molar-refractivity contribution in [2.24, 2.45) is 0 Å². The van der Waals surface area contributed by atoms with Gasteiger partial charge in [-0.3, -0.25) is 4.79 Å². The van der Waals surface area contributed by atoms with Gasteiger partial charge in [-0.25, -0.2) is 4.98 Å². The Bertz CT molecular complexity index is 707. The first-order valence-electron chi connectivity index (χ1n) is 6.77. The smallest absolute Gasteiger partial charge is 0.254 e. The summed E-state index contributed by atoms with van der Waals surface area (Å²) < 4.78 is 2.07. The average Bonchev–Trinajstić information content (AvgIpc) is 3.00. The van der Waals surface area contributed by atoms with Crippen molar-refractivity contribution in [3.8, 4) is 11.8 Å². The van der Waals surface area contributed by atoms with E-state index in [0.717, 1.165) is 17.9 Å². The molecule has 5 nitrogen and oxygen atoms in total. The van der Waals surface area contributed by atoms with Gasteiger partial charge >= 0.3 is 0 Å². The lowest BCUT2D eigenvalue weighted by atomic mass is 10.1. The van der Waals surface area contributed by atoms with Crippen molar-refractivity contribution in [1.82, 2.24) is 14.5 Å². The third-order valence-electron chi connectivity index (χ3n) is 3.48. The molecule has 0 saturated carbocycles. The highest BCUT2D eigenvalue weighted by atomic mass is 16.2. The zero-order valence-electron chi connectivity index (χ0n) is 11.5. The van der Waals surface area contributed by atoms with E-state index in [0.29, 0.717) is 18.7 Å². The van der Waals surface area contributed by atoms with Crippen LogP contribution >= 0.6 is 0 Å². The van der Waals surface area contributed by atoms with E-state index in [-0.39, 0.29) is 12.5 Å². The number of amides is 1. The molecule has 5 heteroatoms. The Morgan fingerprint density at radius 2 is 2.10 bits per heavy atom. The molecule has 0 atom stereocenters. The molecule has 1 aromatic heterocycles. The van der Waals surface area contributed by atoms with E-state index in [2.05, 4.69) is 21.4 Å². The minimum absolute atomic E-state index is 0.00548. The van der Waals surface area contributed by atoms with Gasteiger partial charge in [0.1, 0.15) is 12.4 Å². The van der Waals surface area contributed by atoms with Crippen LogP contribution in [-0.4, -0.2) is 38.6 Å². The topological polar surface area (TPSA) is 58.4 Å². The molecule has 0 saturated heterocycles. The summed E-state index contributed by atoms with van der Waals surface area (Å²) in [5, 5.41) is 8.66. The number of carbonyl (C=O) groups excluding carboxylic acids is 1. The van der Waals surface area contributed by atoms with Crippen LogP contribution in [0.3, 0.4) is 0 Å². The number of fused-ring (bicyclic) bond motifs is 1. The van der Waals surface area contributed by atoms with Crippen molar-refractivity contribution in [1.29, 1.82) is 0 Å². The summed E-state index contributed by atoms with van der Waals surface area (Å²) in [7, 11) is 0. The van der Waals surface area contributed by atoms with Crippen molar-refractivity contribution in [2.45, 2.75) is 13.1 Å². The maximum Gasteiger partial charge on any atom is 0.254 e. The molecule has 3 rings (SSSR count). The number of hydrogen-bond donors (Lipinski definition) is 1. The number of benzene rings is 1. The number of carbonyl (C=O) groups is 1. The molecule has 1 aliphatic heterocycles. The first-order chi connectivity index (χ1) is 10.3. The van der Waals surface area contributed by atoms with Crippen molar-refractivity contribution >= 4 is 5.91 Å². The van der Waals surface area contributed by atoms with E-state index >= 15 is 0 Å². The molecule has 0 bridgehead atoms. The fourth-order valence-electron chi connectivity index (χ4n) is 2.37. The van der Waals surface area contributed by atoms with Crippen LogP contribution in [0.4, 0.5) is 0 Å². The van der Waals surface area contributed by atoms with Crippen molar-refractivity contribution in [2.75, 3.05) is 13.2 Å². The van der Waals surface area contributed by atoms with Crippen LogP contribution in [0.15, 0.2) is 36.7 Å². The monoisotopic (exact) mass is 281 g/mol. The van der Waals surface area contributed by atoms with E-state index in [9.17, 15) is 4.79 Å². The Balaban J connectivity index is 1.74. The second-order valence-corrected chi connectivity index (χ2v) is 4.80. The molecule has 0 fully saturated rings. The van der Waals surface area contributed by atoms with Gasteiger partial charge in [0.2, 0.25) is 0 Å². The first kappa shape index (κ1) is 13.4. The van der Waals surface area contributed by atoms with Gasteiger partial charge in [0, 0.05) is 36.6 Å². The van der Waals surface area contributed by atoms with Crippen LogP contribution in [0, 0.1) is 11.8 Å². The van der Waals surface area contributed by atoms with Gasteiger partial charge in [-0.05, 0) is 24.3 Å². The molecule has 0 unspecified atom stereocenters. The molecule has 106 valence electrons. The van der Waals surface area contributed by atoms with Gasteiger partial charge in [-0.1, -0.05) is 11.8 Å². The maximum atomic E-state index is 12.5. The number of rotatable bonds is 1. The standard InChI is InChI=1S/C16H15N3O2/c20-11-1-2-13-3-5-14(6-4-13)16(21)19-10-9-18-8-7-17-15(18)12-19/h3-8,20H,9-12H2. The van der Waals surface area contributed by atoms with Crippen molar-refractivity contribution in [3.63, 3.8) is 0 Å². The molecular weight excluding hydrogens is 266 g/mol. The SMILES string of the molecule is O=C(c1ccc(C#CCO)cc1)N1CCn2ccnc2C1. The van der Waals surface area contributed by atoms with E-state index in [4.69, 9.17) is 5.11 Å². The molecule has 0 spiro atoms. The molecule has 0 radical (unpaired) electrons. The lowest BCUT2D eigenvalue weighted by Crippen LogP contribution is -2.38. The van der Waals surface area contributed by atoms with Gasteiger partial charge in [0.05, 0.1) is 6.54 Å². The van der Waals surface area contributed by atoms with E-state index in [1.807, 2.05) is 6.20 Å². The summed E-state index contributed by atoms with van der Waals surface area (Å²) >= 11 is 0. The summed E-state index contributed by atoms with van der Waals surface area (Å²) in [6.45, 7) is 1.84. The zero-order valence-corrected chi connectivity index (χ0v) is 11.5. The van der Waals surface area contributed by atoms with E-state index < -0.39 is 0 Å². The van der Waals surface area contributed by atoms with Crippen molar-refractivity contribution < 1.29 is 9.90 Å². The Morgan fingerprint density at radius 1 is 1.29 bits per heavy atom. The van der Waals surface area contributed by atoms with Crippen LogP contribution in [0.1, 0.15) is 21.7 Å². The number of nitrogens with zero attached hydrogens (tertiary/aromatic N) is 3. The predicted octanol–water partition coefficient (Wildman–Crippen LogP) is 0.883. The second kappa shape index (κ2) is 5.81. The summed E-state index contributed by atoms with van der Waals surface area (Å²) in [6.07, 6.45) is 3.70. The van der Waals surface area contributed by atoms with E-state index in [1.54, 1.807) is 35.4 Å². The molecular formula is C16H15N3O2. The highest BCUT2D eigenvalue weighted by molar-refractivity contribution is 5.94. The van der Waals surface area contributed by atoms with Gasteiger partial charge in [0.15, 0.2) is 0 Å². The molecule has 1 aromatic carbocycles. The zero-order chi connectivity index (χ0) is 14.7. The molecule has 1 aliphatic rings. The van der Waals surface area contributed by atoms with Gasteiger partial charge in [-0.2, -0.15) is 0 Å². The molecule has 1 N–H and O–H groups in total. The number of imidazole rings is 1. The lowest BCUT2D eigenvalue weighted by Gasteiger charge is -2.27. The lowest BCUT2D eigenvalue weighted by molar-refractivity contribution is 0.0707. The van der Waals surface area contributed by atoms with Crippen LogP contribution < -0.4 is 0 Å². The Kier molecular flexibility index (Phi) is 3.71. The minimum Gasteiger partial charge on any atom is -0.384 e. The summed E-state index contributed by atoms with van der Waals surface area (Å²) in [5.41, 5.74) is 1.43. The largest absolute Gasteiger partial charge is 0.384 e. The average molecular weight is 281 g/mol. The summed E-state index contributed by atoms with van der Waals surface area (Å²) in [6, 6.07) is 7.12. The first-order valence-corrected chi connectivity index (χ1v) is 6.77. The van der Waals surface area contributed by atoms with Gasteiger partial charge in [-0.15, -0.1) is 0 Å². The van der Waals surface area contributed by atoms with E-state index in [1.165, 1.54) is 0 Å². The van der Waals surface area contributed by atoms with Gasteiger partial charge < -0.3 is 14.6 Å². The normalized spacial score (nSPS) is 13.3. The molecule has 2 aromatic rings. The maximum absolute atomic E-state index is 12.5. The van der Waals surface area contributed by atoms with Crippen LogP contribution in [0.2, 0.25) is 0 Å². The highest BCUT2D eigenvalue weighted by Crippen LogP contribution is 2.14. The number of aliphatic hydroxyl groups excluding tert-OH is 1. The van der Waals surface area contributed by atoms with Gasteiger partial charge in [0.25, 0.3) is 5.91 Å². The van der Waals surface area contributed by atoms with Crippen LogP contribution in [-0.2, 0) is 13.1 Å². The Morgan fingerprint density at radius 3 is 2.86 bits per heavy atom. The Labute approximate surface area is 122 Å². The number of aliphatic hydroxyl groups is 1. The third kappa shape index (κ3) is 2.81. The molecule has 21 heavy (non-hydrogen) atoms. The number of aromatic nitrogens is 2. The summed E-state index contributed by atoms with van der Waals surface area (Å²) in [5.74, 6) is 6.32. The Hall–Kier alpha value is -2.58. The fraction of sp³-hybridized carbons (Fsp3) is 0.250. The quantitative estimate of drug-likeness (QED) is 0.790. The van der Waals surface area contributed by atoms with Crippen LogP contribution in [0.25, 0.3) is 0 Å². The molecule has 1 amide bonds. The molecule has 0 aliphatic carbocycles. The minimum atomic E-state index is -0.166. The van der Waals surface area contributed by atoms with Crippen LogP contribution in [0.5, 0.6) is 0 Å². The fourth-order valence-corrected chi connectivity index (χ4v) is 2.37. The predicted molar refractivity (Wildman–Crippen MR) is 77.4 cm³/mol.